The predicted molar refractivity (Wildman–Crippen MR) is 101 cm³/mol. The lowest BCUT2D eigenvalue weighted by Crippen LogP contribution is -2.32. The summed E-state index contributed by atoms with van der Waals surface area (Å²) >= 11 is 1.35. The van der Waals surface area contributed by atoms with Crippen LogP contribution in [-0.2, 0) is 11.3 Å². The number of hydrogen-bond acceptors (Lipinski definition) is 5. The Hall–Kier alpha value is -2.87. The summed E-state index contributed by atoms with van der Waals surface area (Å²) in [6.07, 6.45) is 1.60. The minimum Gasteiger partial charge on any atom is -0.495 e. The van der Waals surface area contributed by atoms with Crippen LogP contribution in [0.5, 0.6) is 5.75 Å². The highest BCUT2D eigenvalue weighted by Crippen LogP contribution is 2.31. The highest BCUT2D eigenvalue weighted by molar-refractivity contribution is 7.12. The normalized spacial score (nSPS) is 18.8. The van der Waals surface area contributed by atoms with Gasteiger partial charge in [-0.2, -0.15) is 0 Å². The number of carbonyl (C=O) groups excluding carboxylic acids is 3. The summed E-state index contributed by atoms with van der Waals surface area (Å²) < 4.78 is 5.32. The lowest BCUT2D eigenvalue weighted by Gasteiger charge is -2.17. The predicted octanol–water partition coefficient (Wildman–Crippen LogP) is 2.94. The summed E-state index contributed by atoms with van der Waals surface area (Å²) in [5, 5.41) is 4.67. The van der Waals surface area contributed by atoms with E-state index in [1.807, 2.05) is 11.4 Å². The number of methoxy groups -OCH3 is 1. The molecule has 0 aliphatic carbocycles. The van der Waals surface area contributed by atoms with E-state index in [-0.39, 0.29) is 30.4 Å². The fourth-order valence-electron chi connectivity index (χ4n) is 3.55. The number of nitrogens with one attached hydrogen (secondary N) is 1. The summed E-state index contributed by atoms with van der Waals surface area (Å²) in [5.74, 6) is 0.148. The van der Waals surface area contributed by atoms with Crippen LogP contribution in [0.1, 0.15) is 28.1 Å². The summed E-state index contributed by atoms with van der Waals surface area (Å²) in [6.45, 7) is 0.813. The second kappa shape index (κ2) is 7.03. The van der Waals surface area contributed by atoms with Gasteiger partial charge >= 0.3 is 6.03 Å². The van der Waals surface area contributed by atoms with Crippen LogP contribution in [0.25, 0.3) is 0 Å². The Morgan fingerprint density at radius 1 is 1.33 bits per heavy atom. The fourth-order valence-corrected chi connectivity index (χ4v) is 4.17. The van der Waals surface area contributed by atoms with Crippen molar-refractivity contribution >= 4 is 34.9 Å². The monoisotopic (exact) mass is 385 g/mol. The van der Waals surface area contributed by atoms with E-state index >= 15 is 0 Å². The van der Waals surface area contributed by atoms with Crippen LogP contribution in [0.4, 0.5) is 10.5 Å². The third-order valence-electron chi connectivity index (χ3n) is 4.88. The molecular weight excluding hydrogens is 366 g/mol. The van der Waals surface area contributed by atoms with E-state index < -0.39 is 0 Å². The van der Waals surface area contributed by atoms with Crippen molar-refractivity contribution in [3.8, 4) is 5.75 Å². The molecule has 4 amide bonds. The van der Waals surface area contributed by atoms with Gasteiger partial charge in [0.05, 0.1) is 24.2 Å². The number of carbonyl (C=O) groups is 3. The molecule has 1 unspecified atom stereocenters. The van der Waals surface area contributed by atoms with Crippen molar-refractivity contribution in [3.05, 3.63) is 46.2 Å². The third-order valence-corrected chi connectivity index (χ3v) is 5.75. The summed E-state index contributed by atoms with van der Waals surface area (Å²) in [5.41, 5.74) is 1.26. The van der Waals surface area contributed by atoms with Gasteiger partial charge in [-0.15, -0.1) is 11.3 Å². The summed E-state index contributed by atoms with van der Waals surface area (Å²) in [7, 11) is 1.53. The molecule has 1 atom stereocenters. The number of amides is 4. The minimum absolute atomic E-state index is 0.141. The van der Waals surface area contributed by atoms with E-state index in [9.17, 15) is 14.4 Å². The van der Waals surface area contributed by atoms with Crippen molar-refractivity contribution in [2.75, 3.05) is 19.0 Å². The standard InChI is InChI=1S/C19H19N3O4S/c1-26-15-7-6-12(10-13(15)20-17(23)16-5-3-9-27-16)11-22-18(24)14-4-2-8-21(14)19(22)25/h3,5-7,9-10,14H,2,4,8,11H2,1H3,(H,20,23). The van der Waals surface area contributed by atoms with Gasteiger partial charge in [-0.05, 0) is 42.0 Å². The molecule has 1 aromatic heterocycles. The van der Waals surface area contributed by atoms with Crippen molar-refractivity contribution in [2.45, 2.75) is 25.4 Å². The van der Waals surface area contributed by atoms with E-state index in [4.69, 9.17) is 4.74 Å². The average Bonchev–Trinajstić information content (AvgIpc) is 3.40. The Bertz CT molecular complexity index is 874. The van der Waals surface area contributed by atoms with E-state index in [2.05, 4.69) is 5.32 Å². The highest BCUT2D eigenvalue weighted by Gasteiger charge is 2.47. The highest BCUT2D eigenvalue weighted by atomic mass is 32.1. The molecule has 140 valence electrons. The largest absolute Gasteiger partial charge is 0.495 e. The van der Waals surface area contributed by atoms with Gasteiger partial charge in [-0.25, -0.2) is 4.79 Å². The molecule has 1 N–H and O–H groups in total. The number of anilines is 1. The lowest BCUT2D eigenvalue weighted by molar-refractivity contribution is -0.128. The first-order valence-corrected chi connectivity index (χ1v) is 9.60. The summed E-state index contributed by atoms with van der Waals surface area (Å²) in [6, 6.07) is 8.27. The number of thiophene rings is 1. The van der Waals surface area contributed by atoms with Gasteiger partial charge in [-0.1, -0.05) is 12.1 Å². The van der Waals surface area contributed by atoms with Gasteiger partial charge in [0, 0.05) is 6.54 Å². The first-order chi connectivity index (χ1) is 13.1. The molecule has 7 nitrogen and oxygen atoms in total. The zero-order chi connectivity index (χ0) is 19.0. The molecule has 8 heteroatoms. The Kier molecular flexibility index (Phi) is 4.57. The molecule has 2 aliphatic rings. The van der Waals surface area contributed by atoms with Crippen LogP contribution in [-0.4, -0.2) is 47.3 Å². The number of urea groups is 1. The van der Waals surface area contributed by atoms with Crippen LogP contribution in [0, 0.1) is 0 Å². The SMILES string of the molecule is COc1ccc(CN2C(=O)C3CCCN3C2=O)cc1NC(=O)c1cccs1. The van der Waals surface area contributed by atoms with Crippen molar-refractivity contribution in [1.82, 2.24) is 9.80 Å². The Balaban J connectivity index is 1.54. The lowest BCUT2D eigenvalue weighted by atomic mass is 10.1. The Morgan fingerprint density at radius 3 is 2.89 bits per heavy atom. The minimum atomic E-state index is -0.311. The smallest absolute Gasteiger partial charge is 0.327 e. The Morgan fingerprint density at radius 2 is 2.19 bits per heavy atom. The molecule has 2 saturated heterocycles. The molecule has 2 aliphatic heterocycles. The van der Waals surface area contributed by atoms with Gasteiger partial charge in [0.25, 0.3) is 11.8 Å². The molecule has 0 spiro atoms. The molecule has 0 saturated carbocycles. The molecule has 0 radical (unpaired) electrons. The molecular formula is C19H19N3O4S. The molecule has 27 heavy (non-hydrogen) atoms. The van der Waals surface area contributed by atoms with Gasteiger partial charge in [0.15, 0.2) is 0 Å². The van der Waals surface area contributed by atoms with Crippen LogP contribution in [0.3, 0.4) is 0 Å². The zero-order valence-corrected chi connectivity index (χ0v) is 15.6. The second-order valence-electron chi connectivity index (χ2n) is 6.52. The molecule has 2 aromatic rings. The van der Waals surface area contributed by atoms with E-state index in [0.29, 0.717) is 22.9 Å². The van der Waals surface area contributed by atoms with Crippen LogP contribution >= 0.6 is 11.3 Å². The van der Waals surface area contributed by atoms with Gasteiger partial charge in [0.1, 0.15) is 11.8 Å². The van der Waals surface area contributed by atoms with Gasteiger partial charge in [-0.3, -0.25) is 14.5 Å². The van der Waals surface area contributed by atoms with Crippen LogP contribution in [0.2, 0.25) is 0 Å². The number of ether oxygens (including phenoxy) is 1. The number of nitrogens with zero attached hydrogens (tertiary/aromatic N) is 2. The summed E-state index contributed by atoms with van der Waals surface area (Å²) in [4.78, 5) is 40.9. The maximum Gasteiger partial charge on any atom is 0.327 e. The quantitative estimate of drug-likeness (QED) is 0.803. The average molecular weight is 385 g/mol. The third kappa shape index (κ3) is 3.16. The number of imide groups is 1. The maximum absolute atomic E-state index is 12.5. The number of fused-ring (bicyclic) bond motifs is 1. The molecule has 3 heterocycles. The first kappa shape index (κ1) is 17.5. The van der Waals surface area contributed by atoms with E-state index in [0.717, 1.165) is 18.4 Å². The topological polar surface area (TPSA) is 79.0 Å². The zero-order valence-electron chi connectivity index (χ0n) is 14.8. The first-order valence-electron chi connectivity index (χ1n) is 8.72. The van der Waals surface area contributed by atoms with Crippen molar-refractivity contribution in [3.63, 3.8) is 0 Å². The molecule has 2 fully saturated rings. The van der Waals surface area contributed by atoms with Gasteiger partial charge < -0.3 is 15.0 Å². The molecule has 4 rings (SSSR count). The van der Waals surface area contributed by atoms with E-state index in [1.165, 1.54) is 23.3 Å². The Labute approximate surface area is 160 Å². The maximum atomic E-state index is 12.5. The second-order valence-corrected chi connectivity index (χ2v) is 7.47. The fraction of sp³-hybridized carbons (Fsp3) is 0.316. The number of benzene rings is 1. The number of hydrogen-bond donors (Lipinski definition) is 1. The van der Waals surface area contributed by atoms with Crippen LogP contribution < -0.4 is 10.1 Å². The van der Waals surface area contributed by atoms with Gasteiger partial charge in [0.2, 0.25) is 0 Å². The van der Waals surface area contributed by atoms with Crippen molar-refractivity contribution in [1.29, 1.82) is 0 Å². The van der Waals surface area contributed by atoms with Crippen molar-refractivity contribution in [2.24, 2.45) is 0 Å². The number of rotatable bonds is 5. The molecule has 0 bridgehead atoms. The van der Waals surface area contributed by atoms with Crippen LogP contribution in [0.15, 0.2) is 35.7 Å². The van der Waals surface area contributed by atoms with E-state index in [1.54, 1.807) is 29.2 Å². The van der Waals surface area contributed by atoms with Crippen molar-refractivity contribution < 1.29 is 19.1 Å². The molecule has 1 aromatic carbocycles.